The summed E-state index contributed by atoms with van der Waals surface area (Å²) in [6, 6.07) is -1.82. The van der Waals surface area contributed by atoms with Crippen LogP contribution in [0, 0.1) is 0 Å². The van der Waals surface area contributed by atoms with E-state index in [4.69, 9.17) is 78.1 Å². The molecule has 16 heavy (non-hydrogen) atoms. The highest BCUT2D eigenvalue weighted by Gasteiger charge is 2.21. The normalized spacial score (nSPS) is 8.75. The van der Waals surface area contributed by atoms with Gasteiger partial charge < -0.3 is 0 Å². The molecule has 0 aromatic carbocycles. The molecule has 0 nitrogen and oxygen atoms in total. The molecule has 0 fully saturated rings. The third-order valence-corrected chi connectivity index (χ3v) is 2.84. The quantitative estimate of drug-likeness (QED) is 0.223. The maximum absolute atomic E-state index is 5.43. The standard InChI is InChI=1S/C3H5Cl3Si.C3H5Cl.Cl3HSi.ClH/c1-2-3-7(4,5)6;1-2-3-4;1-4(2)3;/h2H,1,3H2;2H,1,3H2;4H;1H. The SMILES string of the molecule is C=CCCl.C=CC[Si](Cl)(Cl)Cl.Cl.Cl[SiH](Cl)Cl. The first-order valence-electron chi connectivity index (χ1n) is 3.48. The Hall–Kier alpha value is 2.23. The predicted octanol–water partition coefficient (Wildman–Crippen LogP) is 6.08. The van der Waals surface area contributed by atoms with Crippen molar-refractivity contribution in [3.05, 3.63) is 25.3 Å². The Morgan fingerprint density at radius 3 is 1.25 bits per heavy atom. The zero-order valence-corrected chi connectivity index (χ0v) is 16.4. The van der Waals surface area contributed by atoms with E-state index in [1.807, 2.05) is 0 Å². The summed E-state index contributed by atoms with van der Waals surface area (Å²) in [6.07, 6.45) is 3.26. The molecule has 0 unspecified atom stereocenters. The first kappa shape index (κ1) is 26.7. The summed E-state index contributed by atoms with van der Waals surface area (Å²) < 4.78 is 0. The van der Waals surface area contributed by atoms with Crippen molar-refractivity contribution in [1.29, 1.82) is 0 Å². The first-order valence-corrected chi connectivity index (χ1v) is 14.5. The summed E-state index contributed by atoms with van der Waals surface area (Å²) >= 11 is 36.2. The van der Waals surface area contributed by atoms with Crippen molar-refractivity contribution in [3.8, 4) is 0 Å². The lowest BCUT2D eigenvalue weighted by atomic mass is 10.8. The van der Waals surface area contributed by atoms with Crippen LogP contribution in [0.1, 0.15) is 0 Å². The van der Waals surface area contributed by atoms with Gasteiger partial charge in [0.1, 0.15) is 0 Å². The van der Waals surface area contributed by atoms with Gasteiger partial charge in [-0.25, -0.2) is 0 Å². The van der Waals surface area contributed by atoms with Crippen LogP contribution in [0.3, 0.4) is 0 Å². The molecule has 0 aromatic heterocycles. The van der Waals surface area contributed by atoms with Crippen LogP contribution in [-0.4, -0.2) is 18.6 Å². The van der Waals surface area contributed by atoms with E-state index in [9.17, 15) is 0 Å². The van der Waals surface area contributed by atoms with Crippen LogP contribution in [0.2, 0.25) is 6.04 Å². The van der Waals surface area contributed by atoms with Crippen molar-refractivity contribution in [2.45, 2.75) is 6.04 Å². The highest BCUT2D eigenvalue weighted by Crippen LogP contribution is 2.24. The molecule has 0 aliphatic carbocycles. The van der Waals surface area contributed by atoms with E-state index in [1.165, 1.54) is 0 Å². The Kier molecular flexibility index (Phi) is 32.7. The number of rotatable bonds is 3. The molecule has 100 valence electrons. The Morgan fingerprint density at radius 2 is 1.25 bits per heavy atom. The van der Waals surface area contributed by atoms with Gasteiger partial charge in [-0.05, 0) is 0 Å². The lowest BCUT2D eigenvalue weighted by Gasteiger charge is -1.99. The summed E-state index contributed by atoms with van der Waals surface area (Å²) in [7, 11) is 0. The van der Waals surface area contributed by atoms with Crippen LogP contribution in [0.15, 0.2) is 25.3 Å². The first-order chi connectivity index (χ1) is 6.71. The van der Waals surface area contributed by atoms with Crippen LogP contribution in [0.5, 0.6) is 0 Å². The number of allylic oxidation sites excluding steroid dienone is 2. The van der Waals surface area contributed by atoms with E-state index in [2.05, 4.69) is 13.2 Å². The summed E-state index contributed by atoms with van der Waals surface area (Å²) in [6.45, 7) is 5.05. The van der Waals surface area contributed by atoms with Crippen molar-refractivity contribution >= 4 is 103 Å². The maximum atomic E-state index is 5.43. The van der Waals surface area contributed by atoms with E-state index in [0.29, 0.717) is 11.9 Å². The summed E-state index contributed by atoms with van der Waals surface area (Å²) in [4.78, 5) is 0. The molecule has 0 aromatic rings. The number of hydrogen-bond acceptors (Lipinski definition) is 0. The van der Waals surface area contributed by atoms with Gasteiger partial charge >= 0.3 is 12.7 Å². The van der Waals surface area contributed by atoms with Crippen molar-refractivity contribution in [2.75, 3.05) is 5.88 Å². The molecule has 0 rings (SSSR count). The van der Waals surface area contributed by atoms with E-state index in [1.54, 1.807) is 12.2 Å². The van der Waals surface area contributed by atoms with Gasteiger partial charge in [0.2, 0.25) is 0 Å². The van der Waals surface area contributed by atoms with Crippen molar-refractivity contribution < 1.29 is 0 Å². The molecule has 0 radical (unpaired) electrons. The number of halogens is 8. The molecule has 0 heterocycles. The second-order valence-electron chi connectivity index (χ2n) is 1.80. The molecule has 0 N–H and O–H groups in total. The third kappa shape index (κ3) is 72.0. The van der Waals surface area contributed by atoms with E-state index >= 15 is 0 Å². The Morgan fingerprint density at radius 1 is 1.00 bits per heavy atom. The van der Waals surface area contributed by atoms with Crippen molar-refractivity contribution in [3.63, 3.8) is 0 Å². The minimum absolute atomic E-state index is 0. The van der Waals surface area contributed by atoms with Gasteiger partial charge in [0.05, 0.1) is 0 Å². The Labute approximate surface area is 139 Å². The van der Waals surface area contributed by atoms with E-state index in [0.717, 1.165) is 0 Å². The molecule has 10 heteroatoms. The van der Waals surface area contributed by atoms with Crippen molar-refractivity contribution in [2.24, 2.45) is 0 Å². The Balaban J connectivity index is -0.0000000700. The van der Waals surface area contributed by atoms with Gasteiger partial charge in [-0.15, -0.1) is 104 Å². The van der Waals surface area contributed by atoms with Gasteiger partial charge in [0, 0.05) is 11.9 Å². The molecule has 0 atom stereocenters. The lowest BCUT2D eigenvalue weighted by molar-refractivity contribution is 1.73. The zero-order valence-electron chi connectivity index (χ0n) is 8.11. The second kappa shape index (κ2) is 19.6. The van der Waals surface area contributed by atoms with Crippen molar-refractivity contribution in [1.82, 2.24) is 0 Å². The van der Waals surface area contributed by atoms with Gasteiger partial charge in [-0.2, -0.15) is 0 Å². The monoisotopic (exact) mass is 420 g/mol. The fourth-order valence-electron chi connectivity index (χ4n) is 0.164. The van der Waals surface area contributed by atoms with Crippen LogP contribution < -0.4 is 0 Å². The highest BCUT2D eigenvalue weighted by atomic mass is 35.8. The largest absolute Gasteiger partial charge is 0.344 e. The van der Waals surface area contributed by atoms with Gasteiger partial charge in [0.25, 0.3) is 0 Å². The summed E-state index contributed by atoms with van der Waals surface area (Å²) in [5.74, 6) is 0.556. The summed E-state index contributed by atoms with van der Waals surface area (Å²) in [5, 5.41) is 0. The summed E-state index contributed by atoms with van der Waals surface area (Å²) in [5.41, 5.74) is 0. The Bertz CT molecular complexity index is 143. The minimum atomic E-state index is -2.36. The average molecular weight is 424 g/mol. The third-order valence-electron chi connectivity index (χ3n) is 0.485. The fourth-order valence-corrected chi connectivity index (χ4v) is 1.47. The topological polar surface area (TPSA) is 0 Å². The maximum Gasteiger partial charge on any atom is 0.344 e. The molecule has 0 aliphatic rings. The number of alkyl halides is 1. The van der Waals surface area contributed by atoms with E-state index < -0.39 is 12.7 Å². The van der Waals surface area contributed by atoms with Crippen LogP contribution in [-0.2, 0) is 0 Å². The van der Waals surface area contributed by atoms with Crippen LogP contribution >= 0.6 is 90.5 Å². The molecular formula is C6H12Cl8Si2. The molecule has 0 saturated heterocycles. The number of hydrogen-bond donors (Lipinski definition) is 0. The lowest BCUT2D eigenvalue weighted by Crippen LogP contribution is -2.05. The zero-order chi connectivity index (χ0) is 12.9. The van der Waals surface area contributed by atoms with Crippen LogP contribution in [0.4, 0.5) is 0 Å². The second-order valence-corrected chi connectivity index (χ2v) is 17.7. The molecule has 0 spiro atoms. The van der Waals surface area contributed by atoms with E-state index in [-0.39, 0.29) is 12.4 Å². The molecule has 0 amide bonds. The van der Waals surface area contributed by atoms with Gasteiger partial charge in [0.15, 0.2) is 0 Å². The minimum Gasteiger partial charge on any atom is -0.147 e. The van der Waals surface area contributed by atoms with Gasteiger partial charge in [-0.3, -0.25) is 0 Å². The molecule has 0 saturated carbocycles. The smallest absolute Gasteiger partial charge is 0.147 e. The fraction of sp³-hybridized carbons (Fsp3) is 0.333. The average Bonchev–Trinajstić information content (AvgIpc) is 2.01. The predicted molar refractivity (Wildman–Crippen MR) is 91.2 cm³/mol. The van der Waals surface area contributed by atoms with Crippen LogP contribution in [0.25, 0.3) is 0 Å². The highest BCUT2D eigenvalue weighted by molar-refractivity contribution is 7.64. The molecular weight excluding hydrogens is 412 g/mol. The van der Waals surface area contributed by atoms with Gasteiger partial charge in [-0.1, -0.05) is 12.2 Å². The molecule has 0 aliphatic heterocycles. The molecule has 0 bridgehead atoms.